The van der Waals surface area contributed by atoms with E-state index in [0.29, 0.717) is 5.84 Å². The van der Waals surface area contributed by atoms with Crippen LogP contribution in [0.1, 0.15) is 66.2 Å². The monoisotopic (exact) mass is 253 g/mol. The van der Waals surface area contributed by atoms with Gasteiger partial charge in [0.2, 0.25) is 0 Å². The van der Waals surface area contributed by atoms with Crippen molar-refractivity contribution < 1.29 is 4.79 Å². The highest BCUT2D eigenvalue weighted by Gasteiger charge is 2.45. The number of unbranched alkanes of at least 4 members (excludes halogenated alkanes) is 4. The molecule has 1 aliphatic rings. The predicted octanol–water partition coefficient (Wildman–Crippen LogP) is 3.31. The van der Waals surface area contributed by atoms with Crippen molar-refractivity contribution >= 4 is 11.9 Å². The first-order valence-corrected chi connectivity index (χ1v) is 7.11. The van der Waals surface area contributed by atoms with Crippen LogP contribution in [0.5, 0.6) is 0 Å². The van der Waals surface area contributed by atoms with E-state index in [1.54, 1.807) is 0 Å². The second-order valence-electron chi connectivity index (χ2n) is 5.68. The van der Waals surface area contributed by atoms with Crippen LogP contribution in [-0.2, 0) is 0 Å². The van der Waals surface area contributed by atoms with Crippen molar-refractivity contribution in [1.82, 2.24) is 4.90 Å². The maximum absolute atomic E-state index is 11.8. The van der Waals surface area contributed by atoms with Gasteiger partial charge in [-0.15, -0.1) is 0 Å². The molecule has 1 atom stereocenters. The Hall–Kier alpha value is -1.06. The Morgan fingerprint density at radius 1 is 1.28 bits per heavy atom. The van der Waals surface area contributed by atoms with Crippen LogP contribution in [0.25, 0.3) is 0 Å². The number of hydrogen-bond donors (Lipinski definition) is 1. The van der Waals surface area contributed by atoms with Crippen LogP contribution >= 0.6 is 0 Å². The van der Waals surface area contributed by atoms with Gasteiger partial charge in [-0.05, 0) is 27.2 Å². The Kier molecular flexibility index (Phi) is 5.17. The molecule has 1 heterocycles. The third-order valence-electron chi connectivity index (χ3n) is 3.79. The van der Waals surface area contributed by atoms with Crippen LogP contribution in [0.15, 0.2) is 4.99 Å². The van der Waals surface area contributed by atoms with E-state index in [9.17, 15) is 4.79 Å². The number of nitrogens with zero attached hydrogens (tertiary/aromatic N) is 2. The first-order valence-electron chi connectivity index (χ1n) is 7.11. The lowest BCUT2D eigenvalue weighted by molar-refractivity contribution is 0.148. The molecule has 0 radical (unpaired) electrons. The van der Waals surface area contributed by atoms with Gasteiger partial charge < -0.3 is 10.6 Å². The van der Waals surface area contributed by atoms with Gasteiger partial charge in [-0.2, -0.15) is 4.99 Å². The van der Waals surface area contributed by atoms with Crippen LogP contribution in [0.2, 0.25) is 0 Å². The van der Waals surface area contributed by atoms with Crippen LogP contribution in [0.3, 0.4) is 0 Å². The molecule has 1 unspecified atom stereocenters. The number of nitrogens with two attached hydrogens (primary N) is 1. The zero-order valence-corrected chi connectivity index (χ0v) is 12.2. The number of hydrogen-bond acceptors (Lipinski definition) is 2. The van der Waals surface area contributed by atoms with Crippen molar-refractivity contribution in [2.24, 2.45) is 10.7 Å². The van der Waals surface area contributed by atoms with E-state index in [0.717, 1.165) is 12.8 Å². The smallest absolute Gasteiger partial charge is 0.346 e. The van der Waals surface area contributed by atoms with E-state index >= 15 is 0 Å². The summed E-state index contributed by atoms with van der Waals surface area (Å²) in [5.74, 6) is 0.483. The van der Waals surface area contributed by atoms with Crippen molar-refractivity contribution in [3.63, 3.8) is 0 Å². The molecular formula is C14H27N3O. The lowest BCUT2D eigenvalue weighted by Crippen LogP contribution is -2.54. The molecule has 0 aromatic carbocycles. The van der Waals surface area contributed by atoms with Gasteiger partial charge in [0.1, 0.15) is 5.84 Å². The van der Waals surface area contributed by atoms with E-state index in [1.807, 2.05) is 25.7 Å². The molecule has 0 aromatic rings. The molecular weight excluding hydrogens is 226 g/mol. The van der Waals surface area contributed by atoms with Crippen molar-refractivity contribution in [3.05, 3.63) is 0 Å². The molecule has 2 amide bonds. The summed E-state index contributed by atoms with van der Waals surface area (Å²) >= 11 is 0. The number of carbonyl (C=O) groups is 1. The lowest BCUT2D eigenvalue weighted by Gasteiger charge is -2.37. The SMILES string of the molecule is CCCCCCCC1(C)C(N)=NC(=O)N1C(C)C. The molecule has 0 fully saturated rings. The minimum atomic E-state index is -0.378. The minimum Gasteiger partial charge on any atom is -0.385 e. The number of amidine groups is 1. The third kappa shape index (κ3) is 3.03. The normalized spacial score (nSPS) is 23.9. The molecule has 104 valence electrons. The summed E-state index contributed by atoms with van der Waals surface area (Å²) in [5.41, 5.74) is 5.58. The van der Waals surface area contributed by atoms with Crippen molar-refractivity contribution in [2.45, 2.75) is 77.8 Å². The highest BCUT2D eigenvalue weighted by Crippen LogP contribution is 2.30. The topological polar surface area (TPSA) is 58.7 Å². The lowest BCUT2D eigenvalue weighted by atomic mass is 9.91. The van der Waals surface area contributed by atoms with Gasteiger partial charge in [0.05, 0.1) is 5.54 Å². The standard InChI is InChI=1S/C14H27N3O/c1-5-6-7-8-9-10-14(4)12(15)16-13(18)17(14)11(2)3/h11H,5-10H2,1-4H3,(H2,15,16,18). The van der Waals surface area contributed by atoms with Crippen LogP contribution in [0, 0.1) is 0 Å². The van der Waals surface area contributed by atoms with Crippen molar-refractivity contribution in [1.29, 1.82) is 0 Å². The summed E-state index contributed by atoms with van der Waals surface area (Å²) in [5, 5.41) is 0. The Balaban J connectivity index is 2.59. The van der Waals surface area contributed by atoms with Gasteiger partial charge in [-0.25, -0.2) is 4.79 Å². The number of carbonyl (C=O) groups excluding carboxylic acids is 1. The van der Waals surface area contributed by atoms with Gasteiger partial charge in [0.15, 0.2) is 0 Å². The summed E-state index contributed by atoms with van der Waals surface area (Å²) in [6, 6.07) is -0.0403. The van der Waals surface area contributed by atoms with Gasteiger partial charge in [0.25, 0.3) is 0 Å². The van der Waals surface area contributed by atoms with E-state index < -0.39 is 0 Å². The summed E-state index contributed by atoms with van der Waals surface area (Å²) in [4.78, 5) is 17.6. The first kappa shape index (κ1) is 15.0. The van der Waals surface area contributed by atoms with Crippen LogP contribution in [-0.4, -0.2) is 28.3 Å². The predicted molar refractivity (Wildman–Crippen MR) is 75.8 cm³/mol. The highest BCUT2D eigenvalue weighted by molar-refractivity contribution is 6.05. The molecule has 4 nitrogen and oxygen atoms in total. The van der Waals surface area contributed by atoms with Gasteiger partial charge in [-0.1, -0.05) is 39.0 Å². The van der Waals surface area contributed by atoms with Crippen molar-refractivity contribution in [3.8, 4) is 0 Å². The quantitative estimate of drug-likeness (QED) is 0.708. The van der Waals surface area contributed by atoms with E-state index in [1.165, 1.54) is 25.7 Å². The van der Waals surface area contributed by atoms with Crippen LogP contribution in [0.4, 0.5) is 4.79 Å². The Labute approximate surface area is 111 Å². The molecule has 18 heavy (non-hydrogen) atoms. The van der Waals surface area contributed by atoms with Gasteiger partial charge in [-0.3, -0.25) is 0 Å². The number of urea groups is 1. The first-order chi connectivity index (χ1) is 8.43. The fourth-order valence-corrected chi connectivity index (χ4v) is 2.72. The molecule has 0 bridgehead atoms. The average molecular weight is 253 g/mol. The van der Waals surface area contributed by atoms with E-state index in [4.69, 9.17) is 5.73 Å². The Morgan fingerprint density at radius 3 is 2.44 bits per heavy atom. The summed E-state index contributed by atoms with van der Waals surface area (Å²) in [6.45, 7) is 8.28. The number of amides is 2. The van der Waals surface area contributed by atoms with Crippen LogP contribution < -0.4 is 5.73 Å². The molecule has 2 N–H and O–H groups in total. The number of rotatable bonds is 7. The van der Waals surface area contributed by atoms with Gasteiger partial charge in [0, 0.05) is 6.04 Å². The van der Waals surface area contributed by atoms with Crippen molar-refractivity contribution in [2.75, 3.05) is 0 Å². The van der Waals surface area contributed by atoms with E-state index in [-0.39, 0.29) is 17.6 Å². The fourth-order valence-electron chi connectivity index (χ4n) is 2.72. The molecule has 0 spiro atoms. The average Bonchev–Trinajstić information content (AvgIpc) is 2.49. The van der Waals surface area contributed by atoms with Gasteiger partial charge >= 0.3 is 6.03 Å². The third-order valence-corrected chi connectivity index (χ3v) is 3.79. The summed E-state index contributed by atoms with van der Waals surface area (Å²) in [6.07, 6.45) is 7.01. The largest absolute Gasteiger partial charge is 0.385 e. The highest BCUT2D eigenvalue weighted by atomic mass is 16.2. The molecule has 0 aromatic heterocycles. The van der Waals surface area contributed by atoms with E-state index in [2.05, 4.69) is 11.9 Å². The second-order valence-corrected chi connectivity index (χ2v) is 5.68. The minimum absolute atomic E-state index is 0.142. The second kappa shape index (κ2) is 6.21. The number of aliphatic imine (C=N–C) groups is 1. The molecule has 0 aliphatic carbocycles. The zero-order chi connectivity index (χ0) is 13.8. The molecule has 1 rings (SSSR count). The maximum Gasteiger partial charge on any atom is 0.346 e. The molecule has 1 aliphatic heterocycles. The maximum atomic E-state index is 11.8. The summed E-state index contributed by atoms with van der Waals surface area (Å²) in [7, 11) is 0. The summed E-state index contributed by atoms with van der Waals surface area (Å²) < 4.78 is 0. The fraction of sp³-hybridized carbons (Fsp3) is 0.857. The molecule has 0 saturated carbocycles. The Morgan fingerprint density at radius 2 is 1.89 bits per heavy atom. The molecule has 4 heteroatoms. The molecule has 0 saturated heterocycles. The zero-order valence-electron chi connectivity index (χ0n) is 12.2. The Bertz CT molecular complexity index is 325.